The summed E-state index contributed by atoms with van der Waals surface area (Å²) in [6.07, 6.45) is 3.77. The topological polar surface area (TPSA) is 76.1 Å². The van der Waals surface area contributed by atoms with E-state index < -0.39 is 0 Å². The van der Waals surface area contributed by atoms with Crippen molar-refractivity contribution in [3.8, 4) is 0 Å². The molecular formula is C11H18N4O2. The Kier molecular flexibility index (Phi) is 5.35. The van der Waals surface area contributed by atoms with E-state index in [-0.39, 0.29) is 11.9 Å². The van der Waals surface area contributed by atoms with Gasteiger partial charge in [0.1, 0.15) is 11.5 Å². The smallest absolute Gasteiger partial charge is 0.271 e. The van der Waals surface area contributed by atoms with Gasteiger partial charge in [-0.25, -0.2) is 9.97 Å². The minimum absolute atomic E-state index is 0.00160. The Balaban J connectivity index is 2.62. The van der Waals surface area contributed by atoms with Crippen LogP contribution in [0.2, 0.25) is 0 Å². The van der Waals surface area contributed by atoms with Crippen LogP contribution in [0, 0.1) is 0 Å². The largest absolute Gasteiger partial charge is 0.383 e. The molecule has 0 aliphatic heterocycles. The van der Waals surface area contributed by atoms with Crippen molar-refractivity contribution in [2.24, 2.45) is 0 Å². The number of hydrogen-bond acceptors (Lipinski definition) is 5. The first kappa shape index (κ1) is 13.4. The lowest BCUT2D eigenvalue weighted by molar-refractivity contribution is 0.0889. The van der Waals surface area contributed by atoms with Crippen LogP contribution in [0.1, 0.15) is 23.8 Å². The van der Waals surface area contributed by atoms with Gasteiger partial charge in [-0.05, 0) is 6.42 Å². The van der Waals surface area contributed by atoms with Gasteiger partial charge in [-0.2, -0.15) is 0 Å². The minimum Gasteiger partial charge on any atom is -0.383 e. The van der Waals surface area contributed by atoms with E-state index >= 15 is 0 Å². The SMILES string of the molecule is CCC(COC)NC(=O)c1cnc(NC)cn1. The predicted octanol–water partition coefficient (Wildman–Crippen LogP) is 0.673. The number of carbonyl (C=O) groups excluding carboxylic acids is 1. The third kappa shape index (κ3) is 3.99. The minimum atomic E-state index is -0.232. The first-order chi connectivity index (χ1) is 8.21. The summed E-state index contributed by atoms with van der Waals surface area (Å²) in [4.78, 5) is 19.8. The molecule has 0 bridgehead atoms. The zero-order chi connectivity index (χ0) is 12.7. The number of methoxy groups -OCH3 is 1. The molecule has 6 heteroatoms. The number of ether oxygens (including phenoxy) is 1. The van der Waals surface area contributed by atoms with Crippen molar-refractivity contribution in [2.75, 3.05) is 26.1 Å². The highest BCUT2D eigenvalue weighted by Gasteiger charge is 2.13. The summed E-state index contributed by atoms with van der Waals surface area (Å²) in [6, 6.07) is -0.00160. The van der Waals surface area contributed by atoms with Gasteiger partial charge in [0, 0.05) is 14.2 Å². The number of carbonyl (C=O) groups is 1. The van der Waals surface area contributed by atoms with Gasteiger partial charge in [0.05, 0.1) is 25.0 Å². The van der Waals surface area contributed by atoms with Crippen molar-refractivity contribution in [2.45, 2.75) is 19.4 Å². The summed E-state index contributed by atoms with van der Waals surface area (Å²) in [7, 11) is 3.35. The van der Waals surface area contributed by atoms with E-state index in [1.165, 1.54) is 12.4 Å². The normalized spacial score (nSPS) is 11.9. The van der Waals surface area contributed by atoms with Crippen LogP contribution in [0.15, 0.2) is 12.4 Å². The number of nitrogens with zero attached hydrogens (tertiary/aromatic N) is 2. The maximum Gasteiger partial charge on any atom is 0.271 e. The molecule has 0 fully saturated rings. The average molecular weight is 238 g/mol. The maximum atomic E-state index is 11.8. The van der Waals surface area contributed by atoms with Gasteiger partial charge >= 0.3 is 0 Å². The van der Waals surface area contributed by atoms with Gasteiger partial charge in [0.25, 0.3) is 5.91 Å². The average Bonchev–Trinajstić information content (AvgIpc) is 2.38. The van der Waals surface area contributed by atoms with Crippen LogP contribution >= 0.6 is 0 Å². The van der Waals surface area contributed by atoms with Crippen LogP contribution in [-0.2, 0) is 4.74 Å². The monoisotopic (exact) mass is 238 g/mol. The van der Waals surface area contributed by atoms with Gasteiger partial charge < -0.3 is 15.4 Å². The molecule has 1 atom stereocenters. The predicted molar refractivity (Wildman–Crippen MR) is 65.0 cm³/mol. The molecule has 0 aliphatic rings. The number of anilines is 1. The molecule has 0 spiro atoms. The number of aromatic nitrogens is 2. The molecule has 1 amide bonds. The van der Waals surface area contributed by atoms with Crippen LogP contribution in [-0.4, -0.2) is 42.7 Å². The van der Waals surface area contributed by atoms with Gasteiger partial charge in [-0.1, -0.05) is 6.92 Å². The van der Waals surface area contributed by atoms with Crippen LogP contribution in [0.25, 0.3) is 0 Å². The molecule has 17 heavy (non-hydrogen) atoms. The number of hydrogen-bond donors (Lipinski definition) is 2. The van der Waals surface area contributed by atoms with Crippen molar-refractivity contribution in [1.29, 1.82) is 0 Å². The third-order valence-corrected chi connectivity index (χ3v) is 2.34. The number of rotatable bonds is 6. The summed E-state index contributed by atoms with van der Waals surface area (Å²) in [6.45, 7) is 2.48. The molecule has 2 N–H and O–H groups in total. The maximum absolute atomic E-state index is 11.8. The quantitative estimate of drug-likeness (QED) is 0.762. The van der Waals surface area contributed by atoms with Gasteiger partial charge in [-0.15, -0.1) is 0 Å². The molecule has 1 aromatic rings. The fraction of sp³-hybridized carbons (Fsp3) is 0.545. The Morgan fingerprint density at radius 1 is 1.47 bits per heavy atom. The van der Waals surface area contributed by atoms with Crippen molar-refractivity contribution < 1.29 is 9.53 Å². The highest BCUT2D eigenvalue weighted by Crippen LogP contribution is 2.01. The lowest BCUT2D eigenvalue weighted by Gasteiger charge is -2.15. The summed E-state index contributed by atoms with van der Waals surface area (Å²) in [5.74, 6) is 0.398. The Morgan fingerprint density at radius 2 is 2.24 bits per heavy atom. The second-order valence-corrected chi connectivity index (χ2v) is 3.57. The first-order valence-corrected chi connectivity index (χ1v) is 5.50. The van der Waals surface area contributed by atoms with E-state index in [4.69, 9.17) is 4.74 Å². The summed E-state index contributed by atoms with van der Waals surface area (Å²) < 4.78 is 5.01. The Morgan fingerprint density at radius 3 is 2.71 bits per heavy atom. The van der Waals surface area contributed by atoms with Crippen LogP contribution in [0.5, 0.6) is 0 Å². The molecule has 0 saturated carbocycles. The van der Waals surface area contributed by atoms with Crippen molar-refractivity contribution in [3.05, 3.63) is 18.1 Å². The van der Waals surface area contributed by atoms with E-state index in [2.05, 4.69) is 20.6 Å². The zero-order valence-electron chi connectivity index (χ0n) is 10.4. The van der Waals surface area contributed by atoms with Gasteiger partial charge in [0.15, 0.2) is 0 Å². The lowest BCUT2D eigenvalue weighted by atomic mass is 10.2. The Labute approximate surface area is 101 Å². The summed E-state index contributed by atoms with van der Waals surface area (Å²) >= 11 is 0. The zero-order valence-corrected chi connectivity index (χ0v) is 10.4. The molecule has 1 heterocycles. The second-order valence-electron chi connectivity index (χ2n) is 3.57. The molecule has 6 nitrogen and oxygen atoms in total. The summed E-state index contributed by atoms with van der Waals surface area (Å²) in [5, 5.41) is 5.67. The molecule has 0 aliphatic carbocycles. The molecule has 0 saturated heterocycles. The second kappa shape index (κ2) is 6.80. The van der Waals surface area contributed by atoms with Crippen LogP contribution in [0.3, 0.4) is 0 Å². The molecule has 1 rings (SSSR count). The molecule has 0 aromatic carbocycles. The van der Waals surface area contributed by atoms with E-state index in [0.29, 0.717) is 18.1 Å². The van der Waals surface area contributed by atoms with Crippen molar-refractivity contribution >= 4 is 11.7 Å². The Hall–Kier alpha value is -1.69. The highest BCUT2D eigenvalue weighted by atomic mass is 16.5. The van der Waals surface area contributed by atoms with Crippen molar-refractivity contribution in [3.63, 3.8) is 0 Å². The fourth-order valence-electron chi connectivity index (χ4n) is 1.30. The fourth-order valence-corrected chi connectivity index (χ4v) is 1.30. The molecule has 94 valence electrons. The highest BCUT2D eigenvalue weighted by molar-refractivity contribution is 5.92. The van der Waals surface area contributed by atoms with Crippen molar-refractivity contribution in [1.82, 2.24) is 15.3 Å². The first-order valence-electron chi connectivity index (χ1n) is 5.50. The lowest BCUT2D eigenvalue weighted by Crippen LogP contribution is -2.37. The van der Waals surface area contributed by atoms with Crippen LogP contribution < -0.4 is 10.6 Å². The molecule has 0 radical (unpaired) electrons. The molecular weight excluding hydrogens is 220 g/mol. The van der Waals surface area contributed by atoms with E-state index in [1.54, 1.807) is 14.2 Å². The van der Waals surface area contributed by atoms with Crippen LogP contribution in [0.4, 0.5) is 5.82 Å². The van der Waals surface area contributed by atoms with E-state index in [1.807, 2.05) is 6.92 Å². The van der Waals surface area contributed by atoms with E-state index in [0.717, 1.165) is 6.42 Å². The molecule has 1 unspecified atom stereocenters. The third-order valence-electron chi connectivity index (χ3n) is 2.34. The molecule has 1 aromatic heterocycles. The standard InChI is InChI=1S/C11H18N4O2/c1-4-8(7-17-3)15-11(16)9-5-14-10(12-2)6-13-9/h5-6,8H,4,7H2,1-3H3,(H,12,14)(H,15,16). The van der Waals surface area contributed by atoms with Gasteiger partial charge in [-0.3, -0.25) is 4.79 Å². The van der Waals surface area contributed by atoms with Gasteiger partial charge in [0.2, 0.25) is 0 Å². The summed E-state index contributed by atoms with van der Waals surface area (Å²) in [5.41, 5.74) is 0.304. The number of amides is 1. The Bertz CT molecular complexity index is 353. The van der Waals surface area contributed by atoms with E-state index in [9.17, 15) is 4.79 Å². The number of nitrogens with one attached hydrogen (secondary N) is 2.